The molecule has 3 heteroatoms. The summed E-state index contributed by atoms with van der Waals surface area (Å²) in [5, 5.41) is 1.86. The Morgan fingerprint density at radius 3 is 2.85 bits per heavy atom. The normalized spacial score (nSPS) is 10.6. The van der Waals surface area contributed by atoms with Gasteiger partial charge in [-0.2, -0.15) is 0 Å². The summed E-state index contributed by atoms with van der Waals surface area (Å²) in [5.74, 6) is 0. The van der Waals surface area contributed by atoms with Gasteiger partial charge in [0.15, 0.2) is 0 Å². The first-order valence-electron chi connectivity index (χ1n) is 3.90. The molecule has 0 N–H and O–H groups in total. The Labute approximate surface area is 86.1 Å². The lowest BCUT2D eigenvalue weighted by molar-refractivity contribution is 1.35. The maximum absolute atomic E-state index is 6.02. The standard InChI is InChI=1S/C10H8ClNS/c1-13-10-7-4-2-3-5-9(7)12-6-8(10)11/h2-6H,1H3. The van der Waals surface area contributed by atoms with Crippen molar-refractivity contribution in [3.63, 3.8) is 0 Å². The lowest BCUT2D eigenvalue weighted by Crippen LogP contribution is -1.82. The largest absolute Gasteiger partial charge is 0.255 e. The van der Waals surface area contributed by atoms with Crippen molar-refractivity contribution in [2.24, 2.45) is 0 Å². The highest BCUT2D eigenvalue weighted by Crippen LogP contribution is 2.31. The van der Waals surface area contributed by atoms with Gasteiger partial charge in [-0.25, -0.2) is 0 Å². The second kappa shape index (κ2) is 3.56. The van der Waals surface area contributed by atoms with Crippen LogP contribution in [0.1, 0.15) is 0 Å². The molecular formula is C10H8ClNS. The van der Waals surface area contributed by atoms with E-state index in [0.29, 0.717) is 0 Å². The predicted molar refractivity (Wildman–Crippen MR) is 58.5 cm³/mol. The zero-order chi connectivity index (χ0) is 9.26. The summed E-state index contributed by atoms with van der Waals surface area (Å²) < 4.78 is 0. The molecule has 1 heterocycles. The third-order valence-electron chi connectivity index (χ3n) is 1.89. The number of fused-ring (bicyclic) bond motifs is 1. The maximum Gasteiger partial charge on any atom is 0.0731 e. The Hall–Kier alpha value is -0.730. The summed E-state index contributed by atoms with van der Waals surface area (Å²) in [6.07, 6.45) is 3.73. The third-order valence-corrected chi connectivity index (χ3v) is 3.13. The third kappa shape index (κ3) is 1.52. The first kappa shape index (κ1) is 8.85. The van der Waals surface area contributed by atoms with Crippen LogP contribution in [0.3, 0.4) is 0 Å². The van der Waals surface area contributed by atoms with Crippen LogP contribution < -0.4 is 0 Å². The molecule has 2 aromatic rings. The van der Waals surface area contributed by atoms with E-state index in [1.54, 1.807) is 18.0 Å². The molecule has 0 saturated heterocycles. The van der Waals surface area contributed by atoms with Gasteiger partial charge >= 0.3 is 0 Å². The molecule has 0 bridgehead atoms. The number of halogens is 1. The van der Waals surface area contributed by atoms with Gasteiger partial charge in [0, 0.05) is 16.5 Å². The molecule has 66 valence electrons. The summed E-state index contributed by atoms with van der Waals surface area (Å²) in [6, 6.07) is 8.01. The number of hydrogen-bond donors (Lipinski definition) is 0. The van der Waals surface area contributed by atoms with E-state index in [2.05, 4.69) is 4.98 Å². The average molecular weight is 210 g/mol. The number of aromatic nitrogens is 1. The van der Waals surface area contributed by atoms with Gasteiger partial charge in [-0.3, -0.25) is 4.98 Å². The number of benzene rings is 1. The van der Waals surface area contributed by atoms with Crippen LogP contribution in [0.15, 0.2) is 35.4 Å². The molecule has 1 nitrogen and oxygen atoms in total. The zero-order valence-corrected chi connectivity index (χ0v) is 8.69. The highest BCUT2D eigenvalue weighted by Gasteiger charge is 2.04. The highest BCUT2D eigenvalue weighted by atomic mass is 35.5. The van der Waals surface area contributed by atoms with Crippen LogP contribution in [0, 0.1) is 0 Å². The lowest BCUT2D eigenvalue weighted by Gasteiger charge is -2.04. The van der Waals surface area contributed by atoms with Crippen molar-refractivity contribution < 1.29 is 0 Å². The Morgan fingerprint density at radius 2 is 2.08 bits per heavy atom. The van der Waals surface area contributed by atoms with Crippen LogP contribution in [-0.4, -0.2) is 11.2 Å². The first-order chi connectivity index (χ1) is 6.33. The van der Waals surface area contributed by atoms with Crippen LogP contribution >= 0.6 is 23.4 Å². The fourth-order valence-electron chi connectivity index (χ4n) is 1.30. The van der Waals surface area contributed by atoms with Gasteiger partial charge in [-0.1, -0.05) is 29.8 Å². The molecule has 1 aromatic carbocycles. The smallest absolute Gasteiger partial charge is 0.0731 e. The molecule has 1 aromatic heterocycles. The van der Waals surface area contributed by atoms with Crippen LogP contribution in [0.25, 0.3) is 10.9 Å². The van der Waals surface area contributed by atoms with Crippen molar-refractivity contribution in [1.29, 1.82) is 0 Å². The Balaban J connectivity index is 2.84. The van der Waals surface area contributed by atoms with E-state index in [0.717, 1.165) is 20.8 Å². The lowest BCUT2D eigenvalue weighted by atomic mass is 10.2. The fourth-order valence-corrected chi connectivity index (χ4v) is 2.32. The van der Waals surface area contributed by atoms with E-state index in [1.165, 1.54) is 0 Å². The Bertz CT molecular complexity index is 442. The fraction of sp³-hybridized carbons (Fsp3) is 0.100. The van der Waals surface area contributed by atoms with Crippen LogP contribution in [0.5, 0.6) is 0 Å². The number of para-hydroxylation sites is 1. The molecule has 0 unspecified atom stereocenters. The summed E-state index contributed by atoms with van der Waals surface area (Å²) in [7, 11) is 0. The first-order valence-corrected chi connectivity index (χ1v) is 5.50. The molecule has 0 aliphatic carbocycles. The topological polar surface area (TPSA) is 12.9 Å². The zero-order valence-electron chi connectivity index (χ0n) is 7.12. The van der Waals surface area contributed by atoms with Gasteiger partial charge < -0.3 is 0 Å². The SMILES string of the molecule is CSc1c(Cl)cnc2ccccc12. The van der Waals surface area contributed by atoms with E-state index in [1.807, 2.05) is 30.5 Å². The van der Waals surface area contributed by atoms with Gasteiger partial charge in [-0.05, 0) is 12.3 Å². The Kier molecular flexibility index (Phi) is 2.42. The minimum atomic E-state index is 0.728. The maximum atomic E-state index is 6.02. The molecule has 0 radical (unpaired) electrons. The molecule has 2 rings (SSSR count). The summed E-state index contributed by atoms with van der Waals surface area (Å²) in [4.78, 5) is 5.35. The highest BCUT2D eigenvalue weighted by molar-refractivity contribution is 7.99. The number of pyridine rings is 1. The summed E-state index contributed by atoms with van der Waals surface area (Å²) in [5.41, 5.74) is 0.997. The molecule has 0 atom stereocenters. The van der Waals surface area contributed by atoms with Crippen LogP contribution in [0.2, 0.25) is 5.02 Å². The molecule has 0 aliphatic rings. The van der Waals surface area contributed by atoms with Crippen LogP contribution in [-0.2, 0) is 0 Å². The average Bonchev–Trinajstić information content (AvgIpc) is 2.18. The minimum absolute atomic E-state index is 0.728. The van der Waals surface area contributed by atoms with E-state index in [-0.39, 0.29) is 0 Å². The van der Waals surface area contributed by atoms with Crippen molar-refractivity contribution >= 4 is 34.3 Å². The predicted octanol–water partition coefficient (Wildman–Crippen LogP) is 3.61. The quantitative estimate of drug-likeness (QED) is 0.666. The van der Waals surface area contributed by atoms with E-state index < -0.39 is 0 Å². The van der Waals surface area contributed by atoms with Gasteiger partial charge in [0.05, 0.1) is 10.5 Å². The molecule has 0 fully saturated rings. The number of rotatable bonds is 1. The molecule has 0 amide bonds. The molecule has 0 aliphatic heterocycles. The van der Waals surface area contributed by atoms with E-state index in [9.17, 15) is 0 Å². The monoisotopic (exact) mass is 209 g/mol. The van der Waals surface area contributed by atoms with E-state index in [4.69, 9.17) is 11.6 Å². The second-order valence-corrected chi connectivity index (χ2v) is 3.88. The van der Waals surface area contributed by atoms with Crippen molar-refractivity contribution in [1.82, 2.24) is 4.98 Å². The Morgan fingerprint density at radius 1 is 1.31 bits per heavy atom. The molecule has 0 spiro atoms. The summed E-state index contributed by atoms with van der Waals surface area (Å²) >= 11 is 7.67. The van der Waals surface area contributed by atoms with Crippen LogP contribution in [0.4, 0.5) is 0 Å². The van der Waals surface area contributed by atoms with Gasteiger partial charge in [0.25, 0.3) is 0 Å². The molecular weight excluding hydrogens is 202 g/mol. The summed E-state index contributed by atoms with van der Waals surface area (Å²) in [6.45, 7) is 0. The van der Waals surface area contributed by atoms with Crippen molar-refractivity contribution in [2.45, 2.75) is 4.90 Å². The molecule has 13 heavy (non-hydrogen) atoms. The van der Waals surface area contributed by atoms with Crippen molar-refractivity contribution in [3.05, 3.63) is 35.5 Å². The number of hydrogen-bond acceptors (Lipinski definition) is 2. The minimum Gasteiger partial charge on any atom is -0.255 e. The van der Waals surface area contributed by atoms with Gasteiger partial charge in [-0.15, -0.1) is 11.8 Å². The van der Waals surface area contributed by atoms with Crippen molar-refractivity contribution in [2.75, 3.05) is 6.26 Å². The second-order valence-electron chi connectivity index (χ2n) is 2.66. The molecule has 0 saturated carbocycles. The van der Waals surface area contributed by atoms with E-state index >= 15 is 0 Å². The van der Waals surface area contributed by atoms with Crippen molar-refractivity contribution in [3.8, 4) is 0 Å². The number of nitrogens with zero attached hydrogens (tertiary/aromatic N) is 1. The van der Waals surface area contributed by atoms with Gasteiger partial charge in [0.1, 0.15) is 0 Å². The van der Waals surface area contributed by atoms with Gasteiger partial charge in [0.2, 0.25) is 0 Å². The number of thioether (sulfide) groups is 1.